The molecule has 45 heavy (non-hydrogen) atoms. The monoisotopic (exact) mass is 575 g/mol. The van der Waals surface area contributed by atoms with Crippen molar-refractivity contribution >= 4 is 49.1 Å². The zero-order chi connectivity index (χ0) is 29.7. The summed E-state index contributed by atoms with van der Waals surface area (Å²) in [6, 6.07) is 47.6. The van der Waals surface area contributed by atoms with Gasteiger partial charge in [-0.3, -0.25) is 0 Å². The van der Waals surface area contributed by atoms with Gasteiger partial charge in [0.1, 0.15) is 0 Å². The Hall–Kier alpha value is -5.80. The summed E-state index contributed by atoms with van der Waals surface area (Å²) in [5.74, 6) is 0.752. The number of para-hydroxylation sites is 2. The summed E-state index contributed by atoms with van der Waals surface area (Å²) in [4.78, 5) is 10.3. The zero-order valence-electron chi connectivity index (χ0n) is 24.7. The van der Waals surface area contributed by atoms with Gasteiger partial charge >= 0.3 is 0 Å². The van der Waals surface area contributed by atoms with Gasteiger partial charge in [0, 0.05) is 32.8 Å². The lowest BCUT2D eigenvalue weighted by Gasteiger charge is -2.14. The Bertz CT molecular complexity index is 2410. The van der Waals surface area contributed by atoms with Crippen LogP contribution >= 0.6 is 0 Å². The van der Waals surface area contributed by atoms with Crippen molar-refractivity contribution in [3.63, 3.8) is 0 Å². The van der Waals surface area contributed by atoms with E-state index in [0.29, 0.717) is 0 Å². The summed E-state index contributed by atoms with van der Waals surface area (Å²) in [6.07, 6.45) is 8.85. The van der Waals surface area contributed by atoms with Gasteiger partial charge in [-0.15, -0.1) is 0 Å². The quantitative estimate of drug-likeness (QED) is 0.195. The van der Waals surface area contributed by atoms with E-state index in [2.05, 4.69) is 156 Å². The molecule has 0 fully saturated rings. The molecule has 0 spiro atoms. The van der Waals surface area contributed by atoms with Gasteiger partial charge in [0.15, 0.2) is 5.82 Å². The van der Waals surface area contributed by atoms with Crippen LogP contribution in [0, 0.1) is 0 Å². The number of allylic oxidation sites excluding steroid dienone is 4. The molecule has 0 bridgehead atoms. The van der Waals surface area contributed by atoms with Gasteiger partial charge in [0.25, 0.3) is 0 Å². The molecule has 212 valence electrons. The van der Waals surface area contributed by atoms with Gasteiger partial charge < -0.3 is 4.57 Å². The Labute approximate surface area is 261 Å². The Morgan fingerprint density at radius 3 is 1.80 bits per heavy atom. The fourth-order valence-electron chi connectivity index (χ4n) is 6.82. The molecule has 9 rings (SSSR count). The molecule has 0 amide bonds. The molecule has 0 radical (unpaired) electrons. The molecule has 0 aliphatic heterocycles. The number of rotatable bonds is 4. The highest BCUT2D eigenvalue weighted by Crippen LogP contribution is 2.35. The summed E-state index contributed by atoms with van der Waals surface area (Å²) in [7, 11) is 0. The Kier molecular flexibility index (Phi) is 5.95. The van der Waals surface area contributed by atoms with Crippen molar-refractivity contribution in [2.75, 3.05) is 0 Å². The minimum absolute atomic E-state index is 0.752. The third-order valence-electron chi connectivity index (χ3n) is 9.04. The van der Waals surface area contributed by atoms with E-state index >= 15 is 0 Å². The summed E-state index contributed by atoms with van der Waals surface area (Å²) in [6.45, 7) is 0. The van der Waals surface area contributed by atoms with Gasteiger partial charge in [0.2, 0.25) is 0 Å². The first kappa shape index (κ1) is 25.7. The second-order valence-corrected chi connectivity index (χ2v) is 11.7. The van der Waals surface area contributed by atoms with Crippen LogP contribution in [0.15, 0.2) is 152 Å². The summed E-state index contributed by atoms with van der Waals surface area (Å²) in [5, 5.41) is 5.98. The molecule has 0 atom stereocenters. The standard InChI is InChI=1S/C42H29N3/c1-2-11-31(12-3-1)40-37-27-24-30-10-4-5-13-34(30)41(37)44-42(43-40)32-20-18-28(19-21-32)29-22-25-33(26-23-29)45-38-16-8-6-14-35(38)36-15-7-9-17-39(36)45/h2,4-27H,1,3H2. The summed E-state index contributed by atoms with van der Waals surface area (Å²) >= 11 is 0. The minimum Gasteiger partial charge on any atom is -0.309 e. The molecule has 6 aromatic carbocycles. The maximum Gasteiger partial charge on any atom is 0.160 e. The summed E-state index contributed by atoms with van der Waals surface area (Å²) in [5.41, 5.74) is 10.1. The molecule has 3 heteroatoms. The maximum absolute atomic E-state index is 5.16. The molecular weight excluding hydrogens is 546 g/mol. The van der Waals surface area contributed by atoms with Gasteiger partial charge in [-0.05, 0) is 65.3 Å². The highest BCUT2D eigenvalue weighted by Gasteiger charge is 2.16. The van der Waals surface area contributed by atoms with Gasteiger partial charge in [-0.2, -0.15) is 0 Å². The van der Waals surface area contributed by atoms with Gasteiger partial charge in [-0.25, -0.2) is 9.97 Å². The van der Waals surface area contributed by atoms with Crippen LogP contribution in [0.1, 0.15) is 18.5 Å². The smallest absolute Gasteiger partial charge is 0.160 e. The Morgan fingerprint density at radius 2 is 1.11 bits per heavy atom. The molecule has 3 nitrogen and oxygen atoms in total. The van der Waals surface area contributed by atoms with Crippen LogP contribution in [0.2, 0.25) is 0 Å². The van der Waals surface area contributed by atoms with E-state index in [9.17, 15) is 0 Å². The molecule has 0 saturated carbocycles. The van der Waals surface area contributed by atoms with Crippen LogP contribution in [0.5, 0.6) is 0 Å². The first-order valence-corrected chi connectivity index (χ1v) is 15.6. The normalized spacial score (nSPS) is 13.2. The van der Waals surface area contributed by atoms with Gasteiger partial charge in [0.05, 0.1) is 22.2 Å². The second kappa shape index (κ2) is 10.4. The van der Waals surface area contributed by atoms with E-state index in [1.54, 1.807) is 0 Å². The van der Waals surface area contributed by atoms with E-state index in [4.69, 9.17) is 9.97 Å². The average Bonchev–Trinajstić information content (AvgIpc) is 3.46. The Balaban J connectivity index is 1.11. The molecule has 0 saturated heterocycles. The van der Waals surface area contributed by atoms with E-state index in [-0.39, 0.29) is 0 Å². The highest BCUT2D eigenvalue weighted by atomic mass is 15.0. The van der Waals surface area contributed by atoms with Crippen molar-refractivity contribution in [1.29, 1.82) is 0 Å². The van der Waals surface area contributed by atoms with Crippen LogP contribution in [0.4, 0.5) is 0 Å². The topological polar surface area (TPSA) is 30.7 Å². The van der Waals surface area contributed by atoms with E-state index in [1.165, 1.54) is 38.3 Å². The third-order valence-corrected chi connectivity index (χ3v) is 9.04. The van der Waals surface area contributed by atoms with Crippen molar-refractivity contribution in [2.24, 2.45) is 0 Å². The number of fused-ring (bicyclic) bond motifs is 6. The molecule has 2 heterocycles. The number of hydrogen-bond acceptors (Lipinski definition) is 2. The predicted molar refractivity (Wildman–Crippen MR) is 189 cm³/mol. The third kappa shape index (κ3) is 4.28. The minimum atomic E-state index is 0.752. The van der Waals surface area contributed by atoms with Crippen molar-refractivity contribution in [3.8, 4) is 28.2 Å². The lowest BCUT2D eigenvalue weighted by Crippen LogP contribution is -1.99. The van der Waals surface area contributed by atoms with Crippen molar-refractivity contribution in [3.05, 3.63) is 157 Å². The van der Waals surface area contributed by atoms with Crippen LogP contribution in [-0.2, 0) is 0 Å². The fraction of sp³-hybridized carbons (Fsp3) is 0.0476. The molecule has 0 N–H and O–H groups in total. The number of hydrogen-bond donors (Lipinski definition) is 0. The van der Waals surface area contributed by atoms with E-state index < -0.39 is 0 Å². The van der Waals surface area contributed by atoms with Crippen molar-refractivity contribution < 1.29 is 0 Å². The SMILES string of the molecule is C1=CC(c2nc(-c3ccc(-c4ccc(-n5c6ccccc6c6ccccc65)cc4)cc3)nc3c2ccc2ccccc23)=CCC1. The van der Waals surface area contributed by atoms with E-state index in [0.717, 1.165) is 57.5 Å². The lowest BCUT2D eigenvalue weighted by atomic mass is 9.98. The fourth-order valence-corrected chi connectivity index (χ4v) is 6.82. The van der Waals surface area contributed by atoms with Crippen LogP contribution < -0.4 is 0 Å². The highest BCUT2D eigenvalue weighted by molar-refractivity contribution is 6.10. The largest absolute Gasteiger partial charge is 0.309 e. The van der Waals surface area contributed by atoms with E-state index in [1.807, 2.05) is 0 Å². The number of aromatic nitrogens is 3. The zero-order valence-corrected chi connectivity index (χ0v) is 24.7. The second-order valence-electron chi connectivity index (χ2n) is 11.7. The Morgan fingerprint density at radius 1 is 0.489 bits per heavy atom. The number of nitrogens with zero attached hydrogens (tertiary/aromatic N) is 3. The first-order chi connectivity index (χ1) is 22.3. The molecule has 2 aromatic heterocycles. The van der Waals surface area contributed by atoms with Crippen molar-refractivity contribution in [1.82, 2.24) is 14.5 Å². The molecule has 1 aliphatic rings. The van der Waals surface area contributed by atoms with Crippen LogP contribution in [-0.4, -0.2) is 14.5 Å². The molecular formula is C42H29N3. The van der Waals surface area contributed by atoms with Crippen LogP contribution in [0.25, 0.3) is 77.3 Å². The molecule has 8 aromatic rings. The van der Waals surface area contributed by atoms with Gasteiger partial charge in [-0.1, -0.05) is 121 Å². The maximum atomic E-state index is 5.16. The predicted octanol–water partition coefficient (Wildman–Crippen LogP) is 10.9. The first-order valence-electron chi connectivity index (χ1n) is 15.6. The molecule has 0 unspecified atom stereocenters. The summed E-state index contributed by atoms with van der Waals surface area (Å²) < 4.78 is 2.35. The van der Waals surface area contributed by atoms with Crippen LogP contribution in [0.3, 0.4) is 0 Å². The average molecular weight is 576 g/mol. The number of benzene rings is 6. The molecule has 1 aliphatic carbocycles. The lowest BCUT2D eigenvalue weighted by molar-refractivity contribution is 1.04. The van der Waals surface area contributed by atoms with Crippen molar-refractivity contribution in [2.45, 2.75) is 12.8 Å².